The largest absolute Gasteiger partial charge is 0.495 e. The van der Waals surface area contributed by atoms with Gasteiger partial charge in [-0.2, -0.15) is 0 Å². The molecule has 4 nitrogen and oxygen atoms in total. The summed E-state index contributed by atoms with van der Waals surface area (Å²) < 4.78 is 16.3. The third-order valence-corrected chi connectivity index (χ3v) is 3.00. The average molecular weight is 282 g/mol. The van der Waals surface area contributed by atoms with Crippen molar-refractivity contribution < 1.29 is 14.2 Å². The Balaban J connectivity index is 2.67. The maximum atomic E-state index is 6.29. The number of fused-ring (bicyclic) bond motifs is 1. The number of benzene rings is 1. The Kier molecular flexibility index (Phi) is 4.32. The first-order chi connectivity index (χ1) is 9.21. The van der Waals surface area contributed by atoms with Crippen LogP contribution in [-0.4, -0.2) is 25.3 Å². The van der Waals surface area contributed by atoms with Crippen LogP contribution in [0.1, 0.15) is 13.8 Å². The van der Waals surface area contributed by atoms with E-state index in [4.69, 9.17) is 25.8 Å². The van der Waals surface area contributed by atoms with Crippen LogP contribution in [0.2, 0.25) is 5.02 Å². The zero-order valence-corrected chi connectivity index (χ0v) is 12.0. The number of pyridine rings is 1. The third-order valence-electron chi connectivity index (χ3n) is 2.63. The SMILES string of the molecule is CCOc1cc(OCC)c2ccc(OC)c(Cl)c2n1. The van der Waals surface area contributed by atoms with E-state index in [1.807, 2.05) is 19.9 Å². The van der Waals surface area contributed by atoms with Gasteiger partial charge in [0.25, 0.3) is 0 Å². The fraction of sp³-hybridized carbons (Fsp3) is 0.357. The van der Waals surface area contributed by atoms with Gasteiger partial charge in [-0.1, -0.05) is 11.6 Å². The van der Waals surface area contributed by atoms with E-state index >= 15 is 0 Å². The molecule has 0 saturated heterocycles. The van der Waals surface area contributed by atoms with Crippen molar-refractivity contribution in [1.29, 1.82) is 0 Å². The van der Waals surface area contributed by atoms with Gasteiger partial charge in [0.2, 0.25) is 5.88 Å². The molecule has 5 heteroatoms. The molecule has 0 aliphatic carbocycles. The maximum absolute atomic E-state index is 6.29. The Morgan fingerprint density at radius 1 is 1.11 bits per heavy atom. The third kappa shape index (κ3) is 2.68. The number of methoxy groups -OCH3 is 1. The summed E-state index contributed by atoms with van der Waals surface area (Å²) in [5.74, 6) is 1.78. The van der Waals surface area contributed by atoms with Crippen LogP contribution >= 0.6 is 11.6 Å². The number of rotatable bonds is 5. The van der Waals surface area contributed by atoms with Gasteiger partial charge in [-0.25, -0.2) is 4.98 Å². The molecule has 1 aromatic carbocycles. The average Bonchev–Trinajstić information content (AvgIpc) is 2.41. The Hall–Kier alpha value is -1.68. The van der Waals surface area contributed by atoms with Crippen LogP contribution < -0.4 is 14.2 Å². The zero-order chi connectivity index (χ0) is 13.8. The lowest BCUT2D eigenvalue weighted by molar-refractivity contribution is 0.317. The van der Waals surface area contributed by atoms with E-state index < -0.39 is 0 Å². The molecular weight excluding hydrogens is 266 g/mol. The van der Waals surface area contributed by atoms with Gasteiger partial charge in [-0.15, -0.1) is 0 Å². The number of aromatic nitrogens is 1. The normalized spacial score (nSPS) is 10.5. The van der Waals surface area contributed by atoms with Crippen LogP contribution in [0.25, 0.3) is 10.9 Å². The smallest absolute Gasteiger partial charge is 0.217 e. The minimum absolute atomic E-state index is 0.461. The highest BCUT2D eigenvalue weighted by Crippen LogP contribution is 2.37. The van der Waals surface area contributed by atoms with Gasteiger partial charge in [0.05, 0.1) is 20.3 Å². The predicted molar refractivity (Wildman–Crippen MR) is 75.6 cm³/mol. The molecule has 0 bridgehead atoms. The van der Waals surface area contributed by atoms with Gasteiger partial charge in [-0.3, -0.25) is 0 Å². The second kappa shape index (κ2) is 5.97. The minimum atomic E-state index is 0.461. The van der Waals surface area contributed by atoms with E-state index in [0.717, 1.165) is 5.39 Å². The Morgan fingerprint density at radius 3 is 2.47 bits per heavy atom. The van der Waals surface area contributed by atoms with Crippen molar-refractivity contribution in [3.63, 3.8) is 0 Å². The number of nitrogens with zero attached hydrogens (tertiary/aromatic N) is 1. The summed E-state index contributed by atoms with van der Waals surface area (Å²) in [6, 6.07) is 5.46. The lowest BCUT2D eigenvalue weighted by Gasteiger charge is -2.12. The van der Waals surface area contributed by atoms with Crippen LogP contribution in [0.4, 0.5) is 0 Å². The van der Waals surface area contributed by atoms with Gasteiger partial charge in [-0.05, 0) is 26.0 Å². The van der Waals surface area contributed by atoms with Crippen molar-refractivity contribution in [2.45, 2.75) is 13.8 Å². The number of halogens is 1. The molecule has 0 spiro atoms. The molecule has 0 saturated carbocycles. The van der Waals surface area contributed by atoms with Crippen LogP contribution in [0, 0.1) is 0 Å². The molecule has 0 atom stereocenters. The molecular formula is C14H16ClNO3. The highest BCUT2D eigenvalue weighted by Gasteiger charge is 2.13. The minimum Gasteiger partial charge on any atom is -0.495 e. The summed E-state index contributed by atoms with van der Waals surface area (Å²) >= 11 is 6.29. The molecule has 0 unspecified atom stereocenters. The fourth-order valence-corrected chi connectivity index (χ4v) is 2.13. The van der Waals surface area contributed by atoms with E-state index in [1.165, 1.54) is 0 Å². The van der Waals surface area contributed by atoms with Gasteiger partial charge >= 0.3 is 0 Å². The first kappa shape index (κ1) is 13.7. The molecule has 2 aromatic rings. The van der Waals surface area contributed by atoms with Crippen molar-refractivity contribution in [1.82, 2.24) is 4.98 Å². The molecule has 1 aromatic heterocycles. The molecule has 0 fully saturated rings. The van der Waals surface area contributed by atoms with E-state index in [-0.39, 0.29) is 0 Å². The monoisotopic (exact) mass is 281 g/mol. The van der Waals surface area contributed by atoms with E-state index in [0.29, 0.717) is 41.1 Å². The standard InChI is InChI=1S/C14H16ClNO3/c1-4-18-11-8-12(19-5-2)16-14-9(11)6-7-10(17-3)13(14)15/h6-8H,4-5H2,1-3H3. The molecule has 0 aliphatic rings. The van der Waals surface area contributed by atoms with Crippen molar-refractivity contribution in [2.24, 2.45) is 0 Å². The Labute approximate surface area is 117 Å². The van der Waals surface area contributed by atoms with Crippen molar-refractivity contribution >= 4 is 22.5 Å². The summed E-state index contributed by atoms with van der Waals surface area (Å²) in [4.78, 5) is 4.40. The zero-order valence-electron chi connectivity index (χ0n) is 11.2. The first-order valence-electron chi connectivity index (χ1n) is 6.14. The van der Waals surface area contributed by atoms with Crippen molar-refractivity contribution in [3.05, 3.63) is 23.2 Å². The predicted octanol–water partition coefficient (Wildman–Crippen LogP) is 3.69. The molecule has 19 heavy (non-hydrogen) atoms. The Morgan fingerprint density at radius 2 is 1.84 bits per heavy atom. The number of hydrogen-bond acceptors (Lipinski definition) is 4. The second-order valence-corrected chi connectivity index (χ2v) is 4.18. The van der Waals surface area contributed by atoms with Gasteiger partial charge in [0.1, 0.15) is 22.0 Å². The molecule has 0 amide bonds. The molecule has 0 N–H and O–H groups in total. The van der Waals surface area contributed by atoms with Gasteiger partial charge in [0.15, 0.2) is 0 Å². The van der Waals surface area contributed by atoms with Crippen LogP contribution in [0.3, 0.4) is 0 Å². The summed E-state index contributed by atoms with van der Waals surface area (Å²) in [5, 5.41) is 1.30. The van der Waals surface area contributed by atoms with Gasteiger partial charge in [0, 0.05) is 11.5 Å². The molecule has 2 rings (SSSR count). The summed E-state index contributed by atoms with van der Waals surface area (Å²) in [5.41, 5.74) is 0.621. The summed E-state index contributed by atoms with van der Waals surface area (Å²) in [6.45, 7) is 4.93. The van der Waals surface area contributed by atoms with Crippen molar-refractivity contribution in [2.75, 3.05) is 20.3 Å². The van der Waals surface area contributed by atoms with Crippen LogP contribution in [-0.2, 0) is 0 Å². The lowest BCUT2D eigenvalue weighted by Crippen LogP contribution is -1.99. The van der Waals surface area contributed by atoms with Crippen LogP contribution in [0.15, 0.2) is 18.2 Å². The van der Waals surface area contributed by atoms with Crippen molar-refractivity contribution in [3.8, 4) is 17.4 Å². The van der Waals surface area contributed by atoms with Gasteiger partial charge < -0.3 is 14.2 Å². The van der Waals surface area contributed by atoms with Crippen LogP contribution in [0.5, 0.6) is 17.4 Å². The van der Waals surface area contributed by atoms with E-state index in [1.54, 1.807) is 19.2 Å². The molecule has 102 valence electrons. The lowest BCUT2D eigenvalue weighted by atomic mass is 10.2. The highest BCUT2D eigenvalue weighted by molar-refractivity contribution is 6.36. The summed E-state index contributed by atoms with van der Waals surface area (Å²) in [6.07, 6.45) is 0. The van der Waals surface area contributed by atoms with E-state index in [9.17, 15) is 0 Å². The fourth-order valence-electron chi connectivity index (χ4n) is 1.84. The maximum Gasteiger partial charge on any atom is 0.217 e. The topological polar surface area (TPSA) is 40.6 Å². The molecule has 1 heterocycles. The highest BCUT2D eigenvalue weighted by atomic mass is 35.5. The summed E-state index contributed by atoms with van der Waals surface area (Å²) in [7, 11) is 1.57. The Bertz CT molecular complexity index is 586. The number of hydrogen-bond donors (Lipinski definition) is 0. The molecule has 0 radical (unpaired) electrons. The second-order valence-electron chi connectivity index (χ2n) is 3.80. The molecule has 0 aliphatic heterocycles. The quantitative estimate of drug-likeness (QED) is 0.838. The van der Waals surface area contributed by atoms with E-state index in [2.05, 4.69) is 4.98 Å². The first-order valence-corrected chi connectivity index (χ1v) is 6.51. The number of ether oxygens (including phenoxy) is 3.